The van der Waals surface area contributed by atoms with Crippen LogP contribution in [0.5, 0.6) is 5.75 Å². The topological polar surface area (TPSA) is 83.5 Å². The number of carbonyl (C=O) groups excluding carboxylic acids is 1. The summed E-state index contributed by atoms with van der Waals surface area (Å²) in [5.41, 5.74) is 0.0841. The van der Waals surface area contributed by atoms with Crippen molar-refractivity contribution in [3.8, 4) is 5.75 Å². The number of nitrogens with one attached hydrogen (secondary N) is 1. The molecule has 0 fully saturated rings. The van der Waals surface area contributed by atoms with Crippen LogP contribution in [0.4, 0.5) is 10.1 Å². The normalized spacial score (nSPS) is 13.1. The Labute approximate surface area is 98.2 Å². The number of phenols is 1. The Morgan fingerprint density at radius 1 is 1.47 bits per heavy atom. The van der Waals surface area contributed by atoms with Crippen LogP contribution in [0.15, 0.2) is 18.2 Å². The maximum Gasteiger partial charge on any atom is 0.242 e. The van der Waals surface area contributed by atoms with Gasteiger partial charge < -0.3 is 10.4 Å². The molecule has 0 heterocycles. The predicted molar refractivity (Wildman–Crippen MR) is 61.0 cm³/mol. The third-order valence-electron chi connectivity index (χ3n) is 2.23. The Morgan fingerprint density at radius 3 is 2.53 bits per heavy atom. The largest absolute Gasteiger partial charge is 0.505 e. The minimum absolute atomic E-state index is 0.0841. The average molecular weight is 261 g/mol. The van der Waals surface area contributed by atoms with Crippen LogP contribution in [0.1, 0.15) is 6.92 Å². The van der Waals surface area contributed by atoms with Crippen molar-refractivity contribution in [3.05, 3.63) is 24.0 Å². The van der Waals surface area contributed by atoms with Crippen LogP contribution in [0.2, 0.25) is 0 Å². The maximum absolute atomic E-state index is 12.9. The Bertz CT molecular complexity index is 541. The summed E-state index contributed by atoms with van der Waals surface area (Å²) in [6.45, 7) is 1.24. The lowest BCUT2D eigenvalue weighted by atomic mass is 10.3. The Balaban J connectivity index is 2.85. The molecule has 0 aliphatic rings. The van der Waals surface area contributed by atoms with Gasteiger partial charge in [-0.1, -0.05) is 0 Å². The summed E-state index contributed by atoms with van der Waals surface area (Å²) in [4.78, 5) is 11.5. The molecule has 5 nitrogen and oxygen atoms in total. The van der Waals surface area contributed by atoms with Gasteiger partial charge in [-0.2, -0.15) is 0 Å². The number of amides is 1. The zero-order valence-corrected chi connectivity index (χ0v) is 10.1. The number of phenolic OH excluding ortho intramolecular Hbond substituents is 1. The second kappa shape index (κ2) is 4.70. The summed E-state index contributed by atoms with van der Waals surface area (Å²) < 4.78 is 35.2. The molecule has 0 saturated carbocycles. The highest BCUT2D eigenvalue weighted by Gasteiger charge is 2.23. The van der Waals surface area contributed by atoms with Gasteiger partial charge in [-0.15, -0.1) is 0 Å². The van der Waals surface area contributed by atoms with Crippen molar-refractivity contribution in [2.75, 3.05) is 11.6 Å². The van der Waals surface area contributed by atoms with Gasteiger partial charge in [0.2, 0.25) is 5.91 Å². The van der Waals surface area contributed by atoms with Crippen LogP contribution in [-0.2, 0) is 14.6 Å². The van der Waals surface area contributed by atoms with Gasteiger partial charge in [0.15, 0.2) is 21.4 Å². The van der Waals surface area contributed by atoms with Gasteiger partial charge in [-0.25, -0.2) is 12.8 Å². The fraction of sp³-hybridized carbons (Fsp3) is 0.300. The number of anilines is 1. The van der Waals surface area contributed by atoms with E-state index in [2.05, 4.69) is 5.32 Å². The van der Waals surface area contributed by atoms with Crippen molar-refractivity contribution < 1.29 is 22.7 Å². The maximum atomic E-state index is 12.9. The second-order valence-corrected chi connectivity index (χ2v) is 5.99. The highest BCUT2D eigenvalue weighted by atomic mass is 32.2. The summed E-state index contributed by atoms with van der Waals surface area (Å²) in [5.74, 6) is -2.19. The van der Waals surface area contributed by atoms with E-state index in [9.17, 15) is 17.6 Å². The highest BCUT2D eigenvalue weighted by molar-refractivity contribution is 7.92. The zero-order chi connectivity index (χ0) is 13.2. The van der Waals surface area contributed by atoms with Crippen LogP contribution in [0.3, 0.4) is 0 Å². The van der Waals surface area contributed by atoms with E-state index in [0.29, 0.717) is 0 Å². The summed E-state index contributed by atoms with van der Waals surface area (Å²) in [7, 11) is -3.50. The molecule has 0 spiro atoms. The summed E-state index contributed by atoms with van der Waals surface area (Å²) in [6, 6.07) is 3.24. The number of rotatable bonds is 3. The SMILES string of the molecule is CC(C(=O)Nc1ccc(O)c(F)c1)S(C)(=O)=O. The summed E-state index contributed by atoms with van der Waals surface area (Å²) >= 11 is 0. The summed E-state index contributed by atoms with van der Waals surface area (Å²) in [5, 5.41) is 9.96. The van der Waals surface area contributed by atoms with Crippen LogP contribution in [0.25, 0.3) is 0 Å². The number of hydrogen-bond donors (Lipinski definition) is 2. The first kappa shape index (κ1) is 13.4. The molecule has 1 rings (SSSR count). The molecule has 2 N–H and O–H groups in total. The molecule has 0 saturated heterocycles. The molecular weight excluding hydrogens is 249 g/mol. The fourth-order valence-corrected chi connectivity index (χ4v) is 1.47. The van der Waals surface area contributed by atoms with Crippen LogP contribution >= 0.6 is 0 Å². The molecule has 1 amide bonds. The number of sulfone groups is 1. The lowest BCUT2D eigenvalue weighted by Crippen LogP contribution is -2.31. The van der Waals surface area contributed by atoms with E-state index in [4.69, 9.17) is 5.11 Å². The lowest BCUT2D eigenvalue weighted by molar-refractivity contribution is -0.115. The number of benzene rings is 1. The van der Waals surface area contributed by atoms with Gasteiger partial charge in [0.25, 0.3) is 0 Å². The molecule has 0 aliphatic heterocycles. The molecule has 0 aromatic heterocycles. The van der Waals surface area contributed by atoms with E-state index in [0.717, 1.165) is 18.4 Å². The van der Waals surface area contributed by atoms with E-state index in [-0.39, 0.29) is 5.69 Å². The molecule has 94 valence electrons. The van der Waals surface area contributed by atoms with Crippen molar-refractivity contribution in [2.45, 2.75) is 12.2 Å². The molecule has 1 aromatic rings. The van der Waals surface area contributed by atoms with Crippen molar-refractivity contribution in [3.63, 3.8) is 0 Å². The minimum Gasteiger partial charge on any atom is -0.505 e. The molecule has 1 atom stereocenters. The number of halogens is 1. The van der Waals surface area contributed by atoms with Crippen molar-refractivity contribution in [1.29, 1.82) is 0 Å². The van der Waals surface area contributed by atoms with Crippen molar-refractivity contribution in [2.24, 2.45) is 0 Å². The molecule has 0 bridgehead atoms. The van der Waals surface area contributed by atoms with Gasteiger partial charge in [0, 0.05) is 18.0 Å². The first-order valence-electron chi connectivity index (χ1n) is 4.70. The van der Waals surface area contributed by atoms with E-state index in [1.165, 1.54) is 13.0 Å². The smallest absolute Gasteiger partial charge is 0.242 e. The van der Waals surface area contributed by atoms with Gasteiger partial charge in [0.1, 0.15) is 5.25 Å². The lowest BCUT2D eigenvalue weighted by Gasteiger charge is -2.10. The standard InChI is InChI=1S/C10H12FNO4S/c1-6(17(2,15)16)10(14)12-7-3-4-9(13)8(11)5-7/h3-6,13H,1-2H3,(H,12,14). The Hall–Kier alpha value is -1.63. The molecule has 0 radical (unpaired) electrons. The molecule has 0 aliphatic carbocycles. The summed E-state index contributed by atoms with van der Waals surface area (Å²) in [6.07, 6.45) is 0.939. The zero-order valence-electron chi connectivity index (χ0n) is 9.27. The van der Waals surface area contributed by atoms with Crippen LogP contribution in [0, 0.1) is 5.82 Å². The first-order valence-corrected chi connectivity index (χ1v) is 6.65. The predicted octanol–water partition coefficient (Wildman–Crippen LogP) is 0.903. The average Bonchev–Trinajstić information content (AvgIpc) is 2.21. The number of hydrogen-bond acceptors (Lipinski definition) is 4. The fourth-order valence-electron chi connectivity index (χ4n) is 1.02. The van der Waals surface area contributed by atoms with Gasteiger partial charge in [-0.3, -0.25) is 4.79 Å². The van der Waals surface area contributed by atoms with Crippen molar-refractivity contribution in [1.82, 2.24) is 0 Å². The van der Waals surface area contributed by atoms with Crippen LogP contribution in [-0.4, -0.2) is 30.9 Å². The number of aromatic hydroxyl groups is 1. The third kappa shape index (κ3) is 3.42. The molecule has 17 heavy (non-hydrogen) atoms. The second-order valence-electron chi connectivity index (χ2n) is 3.63. The van der Waals surface area contributed by atoms with Crippen molar-refractivity contribution >= 4 is 21.4 Å². The Morgan fingerprint density at radius 2 is 2.06 bits per heavy atom. The molecule has 1 aromatic carbocycles. The van der Waals surface area contributed by atoms with Gasteiger partial charge >= 0.3 is 0 Å². The Kier molecular flexibility index (Phi) is 3.72. The van der Waals surface area contributed by atoms with E-state index in [1.54, 1.807) is 0 Å². The number of carbonyl (C=O) groups is 1. The van der Waals surface area contributed by atoms with E-state index >= 15 is 0 Å². The van der Waals surface area contributed by atoms with Crippen LogP contribution < -0.4 is 5.32 Å². The third-order valence-corrected chi connectivity index (χ3v) is 3.73. The monoisotopic (exact) mass is 261 g/mol. The van der Waals surface area contributed by atoms with Gasteiger partial charge in [0.05, 0.1) is 0 Å². The molecular formula is C10H12FNO4S. The minimum atomic E-state index is -3.50. The van der Waals surface area contributed by atoms with E-state index in [1.807, 2.05) is 0 Å². The quantitative estimate of drug-likeness (QED) is 0.792. The highest BCUT2D eigenvalue weighted by Crippen LogP contribution is 2.19. The van der Waals surface area contributed by atoms with Gasteiger partial charge in [-0.05, 0) is 19.1 Å². The molecule has 7 heteroatoms. The molecule has 1 unspecified atom stereocenters. The van der Waals surface area contributed by atoms with E-state index < -0.39 is 32.6 Å². The first-order chi connectivity index (χ1) is 7.71.